The molecule has 0 aliphatic heterocycles. The van der Waals surface area contributed by atoms with E-state index in [1.165, 1.54) is 10.5 Å². The lowest BCUT2D eigenvalue weighted by Crippen LogP contribution is -1.91. The summed E-state index contributed by atoms with van der Waals surface area (Å²) in [7, 11) is 0. The molecule has 0 radical (unpaired) electrons. The monoisotopic (exact) mass is 384 g/mol. The summed E-state index contributed by atoms with van der Waals surface area (Å²) in [5, 5.41) is 9.48. The Labute approximate surface area is 132 Å². The van der Waals surface area contributed by atoms with Crippen molar-refractivity contribution in [2.45, 2.75) is 36.2 Å². The molecule has 0 heterocycles. The minimum Gasteiger partial charge on any atom is -0.392 e. The van der Waals surface area contributed by atoms with E-state index in [1.807, 2.05) is 6.07 Å². The van der Waals surface area contributed by atoms with Gasteiger partial charge in [0.15, 0.2) is 0 Å². The van der Waals surface area contributed by atoms with Gasteiger partial charge in [0.2, 0.25) is 0 Å². The number of aryl methyl sites for hydroxylation is 1. The van der Waals surface area contributed by atoms with Crippen LogP contribution < -0.4 is 0 Å². The molecule has 2 aromatic rings. The van der Waals surface area contributed by atoms with Crippen LogP contribution in [-0.4, -0.2) is 5.11 Å². The minimum atomic E-state index is 0.0924. The summed E-state index contributed by atoms with van der Waals surface area (Å²) in [6.45, 7) is 2.29. The number of aliphatic hydroxyl groups is 1. The molecule has 0 unspecified atom stereocenters. The second kappa shape index (κ2) is 7.31. The van der Waals surface area contributed by atoms with Crippen LogP contribution in [0.5, 0.6) is 0 Å². The molecule has 0 bridgehead atoms. The highest BCUT2D eigenvalue weighted by Crippen LogP contribution is 2.34. The predicted molar refractivity (Wildman–Crippen MR) is 89.6 cm³/mol. The Hall–Kier alpha value is -0.520. The first-order chi connectivity index (χ1) is 9.24. The molecular formula is C16H17IOS. The maximum absolute atomic E-state index is 9.48. The van der Waals surface area contributed by atoms with E-state index in [1.54, 1.807) is 11.8 Å². The maximum atomic E-state index is 9.48. The lowest BCUT2D eigenvalue weighted by atomic mass is 10.1. The van der Waals surface area contributed by atoms with Crippen molar-refractivity contribution in [3.63, 3.8) is 0 Å². The second-order valence-electron chi connectivity index (χ2n) is 4.37. The molecule has 0 spiro atoms. The van der Waals surface area contributed by atoms with Gasteiger partial charge in [-0.2, -0.15) is 0 Å². The normalized spacial score (nSPS) is 10.7. The molecule has 100 valence electrons. The molecule has 0 saturated heterocycles. The molecular weight excluding hydrogens is 367 g/mol. The van der Waals surface area contributed by atoms with Crippen LogP contribution in [0.1, 0.15) is 24.5 Å². The van der Waals surface area contributed by atoms with Crippen molar-refractivity contribution in [1.29, 1.82) is 0 Å². The standard InChI is InChI=1S/C16H17IOS/c1-2-5-12-6-3-4-7-15(12)19-16-9-8-14(17)10-13(16)11-18/h3-4,6-10,18H,2,5,11H2,1H3. The number of aliphatic hydroxyl groups excluding tert-OH is 1. The number of halogens is 1. The van der Waals surface area contributed by atoms with E-state index in [9.17, 15) is 5.11 Å². The van der Waals surface area contributed by atoms with E-state index in [2.05, 4.69) is 65.9 Å². The average molecular weight is 384 g/mol. The SMILES string of the molecule is CCCc1ccccc1Sc1ccc(I)cc1CO. The molecule has 2 rings (SSSR count). The van der Waals surface area contributed by atoms with Crippen LogP contribution >= 0.6 is 34.4 Å². The van der Waals surface area contributed by atoms with Crippen LogP contribution in [0.15, 0.2) is 52.3 Å². The lowest BCUT2D eigenvalue weighted by Gasteiger charge is -2.11. The van der Waals surface area contributed by atoms with Crippen LogP contribution in [0.2, 0.25) is 0 Å². The Balaban J connectivity index is 2.30. The van der Waals surface area contributed by atoms with Crippen LogP contribution in [-0.2, 0) is 13.0 Å². The van der Waals surface area contributed by atoms with E-state index in [4.69, 9.17) is 0 Å². The van der Waals surface area contributed by atoms with Crippen molar-refractivity contribution in [1.82, 2.24) is 0 Å². The number of benzene rings is 2. The van der Waals surface area contributed by atoms with Crippen molar-refractivity contribution in [2.75, 3.05) is 0 Å². The van der Waals surface area contributed by atoms with E-state index in [0.717, 1.165) is 26.9 Å². The van der Waals surface area contributed by atoms with Crippen LogP contribution in [0, 0.1) is 3.57 Å². The van der Waals surface area contributed by atoms with Crippen LogP contribution in [0.3, 0.4) is 0 Å². The fraction of sp³-hybridized carbons (Fsp3) is 0.250. The summed E-state index contributed by atoms with van der Waals surface area (Å²) in [4.78, 5) is 2.44. The first kappa shape index (κ1) is 14.9. The molecule has 0 amide bonds. The molecule has 1 N–H and O–H groups in total. The predicted octanol–water partition coefficient (Wildman–Crippen LogP) is 4.89. The minimum absolute atomic E-state index is 0.0924. The zero-order chi connectivity index (χ0) is 13.7. The molecule has 0 fully saturated rings. The highest BCUT2D eigenvalue weighted by Gasteiger charge is 2.07. The zero-order valence-electron chi connectivity index (χ0n) is 10.9. The zero-order valence-corrected chi connectivity index (χ0v) is 13.9. The molecule has 0 aromatic heterocycles. The quantitative estimate of drug-likeness (QED) is 0.741. The Morgan fingerprint density at radius 1 is 1.05 bits per heavy atom. The molecule has 0 atom stereocenters. The fourth-order valence-corrected chi connectivity index (χ4v) is 3.60. The largest absolute Gasteiger partial charge is 0.392 e. The Kier molecular flexibility index (Phi) is 5.73. The summed E-state index contributed by atoms with van der Waals surface area (Å²) in [6, 6.07) is 14.8. The van der Waals surface area contributed by atoms with Gasteiger partial charge in [0.05, 0.1) is 6.61 Å². The van der Waals surface area contributed by atoms with Crippen molar-refractivity contribution >= 4 is 34.4 Å². The highest BCUT2D eigenvalue weighted by atomic mass is 127. The summed E-state index contributed by atoms with van der Waals surface area (Å²) >= 11 is 4.03. The molecule has 0 aliphatic rings. The number of hydrogen-bond donors (Lipinski definition) is 1. The Morgan fingerprint density at radius 3 is 2.53 bits per heavy atom. The topological polar surface area (TPSA) is 20.2 Å². The molecule has 0 saturated carbocycles. The van der Waals surface area contributed by atoms with Gasteiger partial charge in [0, 0.05) is 13.4 Å². The average Bonchev–Trinajstić information content (AvgIpc) is 2.43. The third-order valence-corrected chi connectivity index (χ3v) is 4.81. The van der Waals surface area contributed by atoms with Crippen molar-refractivity contribution in [3.8, 4) is 0 Å². The molecule has 2 aromatic carbocycles. The third kappa shape index (κ3) is 3.97. The third-order valence-electron chi connectivity index (χ3n) is 2.90. The number of hydrogen-bond acceptors (Lipinski definition) is 2. The van der Waals surface area contributed by atoms with Gasteiger partial charge in [-0.05, 0) is 64.4 Å². The van der Waals surface area contributed by atoms with Crippen molar-refractivity contribution in [2.24, 2.45) is 0 Å². The van der Waals surface area contributed by atoms with Crippen molar-refractivity contribution in [3.05, 3.63) is 57.2 Å². The van der Waals surface area contributed by atoms with Crippen LogP contribution in [0.25, 0.3) is 0 Å². The van der Waals surface area contributed by atoms with E-state index < -0.39 is 0 Å². The Morgan fingerprint density at radius 2 is 1.79 bits per heavy atom. The van der Waals surface area contributed by atoms with Gasteiger partial charge in [-0.1, -0.05) is 43.3 Å². The smallest absolute Gasteiger partial charge is 0.0693 e. The molecule has 0 aliphatic carbocycles. The van der Waals surface area contributed by atoms with Crippen LogP contribution in [0.4, 0.5) is 0 Å². The van der Waals surface area contributed by atoms with Gasteiger partial charge < -0.3 is 5.11 Å². The van der Waals surface area contributed by atoms with Gasteiger partial charge in [-0.15, -0.1) is 0 Å². The summed E-state index contributed by atoms with van der Waals surface area (Å²) < 4.78 is 1.16. The van der Waals surface area contributed by atoms with Gasteiger partial charge in [0.25, 0.3) is 0 Å². The first-order valence-electron chi connectivity index (χ1n) is 6.39. The summed E-state index contributed by atoms with van der Waals surface area (Å²) in [6.07, 6.45) is 2.25. The highest BCUT2D eigenvalue weighted by molar-refractivity contribution is 14.1. The van der Waals surface area contributed by atoms with Gasteiger partial charge >= 0.3 is 0 Å². The van der Waals surface area contributed by atoms with Gasteiger partial charge in [-0.3, -0.25) is 0 Å². The van der Waals surface area contributed by atoms with E-state index >= 15 is 0 Å². The van der Waals surface area contributed by atoms with E-state index in [0.29, 0.717) is 0 Å². The van der Waals surface area contributed by atoms with Gasteiger partial charge in [-0.25, -0.2) is 0 Å². The first-order valence-corrected chi connectivity index (χ1v) is 8.29. The second-order valence-corrected chi connectivity index (χ2v) is 6.70. The fourth-order valence-electron chi connectivity index (χ4n) is 1.97. The summed E-state index contributed by atoms with van der Waals surface area (Å²) in [5.41, 5.74) is 2.39. The van der Waals surface area contributed by atoms with Gasteiger partial charge in [0.1, 0.15) is 0 Å². The molecule has 1 nitrogen and oxygen atoms in total. The van der Waals surface area contributed by atoms with Crippen molar-refractivity contribution < 1.29 is 5.11 Å². The van der Waals surface area contributed by atoms with E-state index in [-0.39, 0.29) is 6.61 Å². The Bertz CT molecular complexity index is 554. The lowest BCUT2D eigenvalue weighted by molar-refractivity contribution is 0.279. The maximum Gasteiger partial charge on any atom is 0.0693 e. The molecule has 19 heavy (non-hydrogen) atoms. The number of rotatable bonds is 5. The molecule has 3 heteroatoms. The summed E-state index contributed by atoms with van der Waals surface area (Å²) in [5.74, 6) is 0.